The number of carbonyl (C=O) groups is 1. The minimum absolute atomic E-state index is 0.0332. The molecule has 0 bridgehead atoms. The number of aryl methyl sites for hydroxylation is 1. The van der Waals surface area contributed by atoms with E-state index in [-0.39, 0.29) is 23.4 Å². The molecule has 1 amide bonds. The third-order valence-electron chi connectivity index (χ3n) is 5.35. The summed E-state index contributed by atoms with van der Waals surface area (Å²) >= 11 is 1.58. The molecule has 0 aliphatic carbocycles. The Bertz CT molecular complexity index is 1180. The van der Waals surface area contributed by atoms with Crippen LogP contribution >= 0.6 is 11.3 Å². The van der Waals surface area contributed by atoms with Gasteiger partial charge in [0.1, 0.15) is 11.4 Å². The molecule has 0 radical (unpaired) electrons. The van der Waals surface area contributed by atoms with Gasteiger partial charge in [-0.15, -0.1) is 11.3 Å². The standard InChI is InChI=1S/C21H24N4O3S2/c1-14(19-9-6-12-29-19)22-20(26)13-24-16(3)21(15(2)23-24)30(27,28)25-11-10-17-7-4-5-8-18(17)25/h4-9,12,14H,10-11,13H2,1-3H3,(H,22,26)/t14-/m0/s1. The second-order valence-corrected chi connectivity index (χ2v) is 10.2. The Balaban J connectivity index is 1.57. The highest BCUT2D eigenvalue weighted by Crippen LogP contribution is 2.34. The molecule has 0 unspecified atom stereocenters. The number of nitrogens with zero attached hydrogens (tertiary/aromatic N) is 3. The number of fused-ring (bicyclic) bond motifs is 1. The molecule has 1 N–H and O–H groups in total. The highest BCUT2D eigenvalue weighted by Gasteiger charge is 2.35. The molecule has 3 aromatic rings. The molecule has 3 heterocycles. The number of aromatic nitrogens is 2. The average molecular weight is 445 g/mol. The van der Waals surface area contributed by atoms with Crippen LogP contribution in [0.5, 0.6) is 0 Å². The Kier molecular flexibility index (Phi) is 5.42. The van der Waals surface area contributed by atoms with E-state index in [9.17, 15) is 13.2 Å². The first-order chi connectivity index (χ1) is 14.3. The monoisotopic (exact) mass is 444 g/mol. The van der Waals surface area contributed by atoms with Crippen LogP contribution in [0.4, 0.5) is 5.69 Å². The van der Waals surface area contributed by atoms with E-state index >= 15 is 0 Å². The predicted molar refractivity (Wildman–Crippen MR) is 117 cm³/mol. The van der Waals surface area contributed by atoms with E-state index < -0.39 is 10.0 Å². The average Bonchev–Trinajstić information content (AvgIpc) is 3.41. The van der Waals surface area contributed by atoms with Crippen molar-refractivity contribution in [1.29, 1.82) is 0 Å². The number of anilines is 1. The molecule has 4 rings (SSSR count). The van der Waals surface area contributed by atoms with Crippen molar-refractivity contribution in [3.63, 3.8) is 0 Å². The van der Waals surface area contributed by atoms with Crippen LogP contribution in [0.2, 0.25) is 0 Å². The maximum Gasteiger partial charge on any atom is 0.268 e. The van der Waals surface area contributed by atoms with E-state index in [1.807, 2.05) is 48.7 Å². The van der Waals surface area contributed by atoms with E-state index in [1.165, 1.54) is 8.99 Å². The third-order valence-corrected chi connectivity index (χ3v) is 8.47. The summed E-state index contributed by atoms with van der Waals surface area (Å²) in [7, 11) is -3.77. The molecule has 1 aliphatic rings. The molecule has 7 nitrogen and oxygen atoms in total. The van der Waals surface area contributed by atoms with Crippen LogP contribution in [0.1, 0.15) is 34.8 Å². The fourth-order valence-electron chi connectivity index (χ4n) is 3.91. The first kappa shape index (κ1) is 20.6. The smallest absolute Gasteiger partial charge is 0.268 e. The van der Waals surface area contributed by atoms with Gasteiger partial charge in [-0.05, 0) is 50.3 Å². The fraction of sp³-hybridized carbons (Fsp3) is 0.333. The Labute approximate surface area is 180 Å². The maximum atomic E-state index is 13.4. The van der Waals surface area contributed by atoms with Crippen LogP contribution in [0.25, 0.3) is 0 Å². The second-order valence-electron chi connectivity index (χ2n) is 7.42. The molecule has 0 spiro atoms. The molecule has 2 aromatic heterocycles. The Morgan fingerprint density at radius 1 is 1.23 bits per heavy atom. The van der Waals surface area contributed by atoms with Crippen molar-refractivity contribution in [2.75, 3.05) is 10.8 Å². The highest BCUT2D eigenvalue weighted by atomic mass is 32.2. The number of nitrogens with one attached hydrogen (secondary N) is 1. The summed E-state index contributed by atoms with van der Waals surface area (Å²) in [5.41, 5.74) is 2.60. The van der Waals surface area contributed by atoms with Crippen molar-refractivity contribution in [3.8, 4) is 0 Å². The fourth-order valence-corrected chi connectivity index (χ4v) is 6.52. The van der Waals surface area contributed by atoms with E-state index in [0.29, 0.717) is 30.0 Å². The quantitative estimate of drug-likeness (QED) is 0.633. The van der Waals surface area contributed by atoms with Crippen molar-refractivity contribution in [2.24, 2.45) is 0 Å². The number of para-hydroxylation sites is 1. The van der Waals surface area contributed by atoms with Gasteiger partial charge >= 0.3 is 0 Å². The third kappa shape index (κ3) is 3.63. The number of amides is 1. The molecular formula is C21H24N4O3S2. The lowest BCUT2D eigenvalue weighted by atomic mass is 10.2. The van der Waals surface area contributed by atoms with Crippen molar-refractivity contribution < 1.29 is 13.2 Å². The Morgan fingerprint density at radius 3 is 2.73 bits per heavy atom. The summed E-state index contributed by atoms with van der Waals surface area (Å²) in [6.07, 6.45) is 0.685. The molecular weight excluding hydrogens is 420 g/mol. The van der Waals surface area contributed by atoms with Gasteiger partial charge < -0.3 is 5.32 Å². The van der Waals surface area contributed by atoms with Crippen LogP contribution in [-0.4, -0.2) is 30.7 Å². The number of rotatable bonds is 6. The molecule has 1 aliphatic heterocycles. The van der Waals surface area contributed by atoms with Gasteiger partial charge in [0.25, 0.3) is 10.0 Å². The summed E-state index contributed by atoms with van der Waals surface area (Å²) in [6.45, 7) is 5.67. The number of hydrogen-bond acceptors (Lipinski definition) is 5. The van der Waals surface area contributed by atoms with E-state index in [2.05, 4.69) is 10.4 Å². The zero-order chi connectivity index (χ0) is 21.5. The van der Waals surface area contributed by atoms with Gasteiger partial charge in [0.2, 0.25) is 5.91 Å². The zero-order valence-electron chi connectivity index (χ0n) is 17.1. The first-order valence-corrected chi connectivity index (χ1v) is 12.1. The van der Waals surface area contributed by atoms with Crippen LogP contribution in [-0.2, 0) is 27.8 Å². The molecule has 158 valence electrons. The minimum atomic E-state index is -3.77. The number of hydrogen-bond donors (Lipinski definition) is 1. The summed E-state index contributed by atoms with van der Waals surface area (Å²) in [6, 6.07) is 11.3. The van der Waals surface area contributed by atoms with Crippen molar-refractivity contribution in [2.45, 2.75) is 44.7 Å². The lowest BCUT2D eigenvalue weighted by Crippen LogP contribution is -2.31. The minimum Gasteiger partial charge on any atom is -0.347 e. The Morgan fingerprint density at radius 2 is 2.00 bits per heavy atom. The largest absolute Gasteiger partial charge is 0.347 e. The predicted octanol–water partition coefficient (Wildman–Crippen LogP) is 3.19. The number of thiophene rings is 1. The van der Waals surface area contributed by atoms with Crippen LogP contribution in [0.15, 0.2) is 46.7 Å². The molecule has 9 heteroatoms. The molecule has 1 atom stereocenters. The van der Waals surface area contributed by atoms with E-state index in [4.69, 9.17) is 0 Å². The molecule has 0 fully saturated rings. The normalized spacial score (nSPS) is 14.6. The topological polar surface area (TPSA) is 84.3 Å². The highest BCUT2D eigenvalue weighted by molar-refractivity contribution is 7.93. The van der Waals surface area contributed by atoms with Crippen LogP contribution < -0.4 is 9.62 Å². The number of carbonyl (C=O) groups excluding carboxylic acids is 1. The SMILES string of the molecule is Cc1nn(CC(=O)N[C@@H](C)c2cccs2)c(C)c1S(=O)(=O)N1CCc2ccccc21. The van der Waals surface area contributed by atoms with Gasteiger partial charge in [-0.2, -0.15) is 5.10 Å². The Hall–Kier alpha value is -2.65. The van der Waals surface area contributed by atoms with E-state index in [0.717, 1.165) is 10.4 Å². The summed E-state index contributed by atoms with van der Waals surface area (Å²) in [5.74, 6) is -0.211. The molecule has 30 heavy (non-hydrogen) atoms. The zero-order valence-corrected chi connectivity index (χ0v) is 18.8. The second kappa shape index (κ2) is 7.88. The number of sulfonamides is 1. The molecule has 1 aromatic carbocycles. The molecule has 0 saturated carbocycles. The van der Waals surface area contributed by atoms with Crippen molar-refractivity contribution >= 4 is 33.0 Å². The summed E-state index contributed by atoms with van der Waals surface area (Å²) in [5, 5.41) is 9.28. The maximum absolute atomic E-state index is 13.4. The van der Waals surface area contributed by atoms with Gasteiger partial charge in [0.15, 0.2) is 0 Å². The van der Waals surface area contributed by atoms with Gasteiger partial charge in [-0.25, -0.2) is 8.42 Å². The van der Waals surface area contributed by atoms with E-state index in [1.54, 1.807) is 25.2 Å². The van der Waals surface area contributed by atoms with Gasteiger partial charge in [-0.3, -0.25) is 13.8 Å². The first-order valence-electron chi connectivity index (χ1n) is 9.76. The summed E-state index contributed by atoms with van der Waals surface area (Å²) < 4.78 is 29.8. The van der Waals surface area contributed by atoms with Crippen molar-refractivity contribution in [1.82, 2.24) is 15.1 Å². The van der Waals surface area contributed by atoms with Gasteiger partial charge in [0, 0.05) is 11.4 Å². The molecule has 0 saturated heterocycles. The summed E-state index contributed by atoms with van der Waals surface area (Å²) in [4.78, 5) is 13.8. The van der Waals surface area contributed by atoms with Crippen molar-refractivity contribution in [3.05, 3.63) is 63.6 Å². The van der Waals surface area contributed by atoms with Gasteiger partial charge in [0.05, 0.1) is 23.1 Å². The lowest BCUT2D eigenvalue weighted by Gasteiger charge is -2.20. The van der Waals surface area contributed by atoms with Gasteiger partial charge in [-0.1, -0.05) is 24.3 Å². The van der Waals surface area contributed by atoms with Crippen LogP contribution in [0.3, 0.4) is 0 Å². The number of benzene rings is 1. The lowest BCUT2D eigenvalue weighted by molar-refractivity contribution is -0.122. The van der Waals surface area contributed by atoms with Crippen LogP contribution in [0, 0.1) is 13.8 Å².